The number of methoxy groups -OCH3 is 1. The standard InChI is InChI=1S/C23H24FN3O5S/c1-4-10-27-15(12-17-19(25)8-5-9-20(17)27)7-6-11-32-23(28)26-22-18(24)13-16(33(3,29)30)14-21(22)31-2/h5,8-9,12-14H,4,10-11,25H2,1-3H3,(H,26,28). The lowest BCUT2D eigenvalue weighted by atomic mass is 10.2. The lowest BCUT2D eigenvalue weighted by molar-refractivity contribution is 0.175. The highest BCUT2D eigenvalue weighted by atomic mass is 32.2. The number of rotatable bonds is 6. The third-order valence-corrected chi connectivity index (χ3v) is 5.91. The molecule has 0 saturated heterocycles. The number of aryl methyl sites for hydroxylation is 1. The molecule has 1 heterocycles. The van der Waals surface area contributed by atoms with Gasteiger partial charge in [-0.3, -0.25) is 5.32 Å². The van der Waals surface area contributed by atoms with Gasteiger partial charge in [-0.05, 0) is 36.6 Å². The van der Waals surface area contributed by atoms with Crippen molar-refractivity contribution in [2.75, 3.05) is 31.0 Å². The molecule has 0 fully saturated rings. The van der Waals surface area contributed by atoms with E-state index in [1.165, 1.54) is 7.11 Å². The van der Waals surface area contributed by atoms with Gasteiger partial charge in [-0.15, -0.1) is 0 Å². The van der Waals surface area contributed by atoms with E-state index in [0.717, 1.165) is 48.0 Å². The molecule has 10 heteroatoms. The van der Waals surface area contributed by atoms with Crippen LogP contribution < -0.4 is 15.8 Å². The third-order valence-electron chi connectivity index (χ3n) is 4.82. The summed E-state index contributed by atoms with van der Waals surface area (Å²) in [6.07, 6.45) is 0.875. The van der Waals surface area contributed by atoms with Gasteiger partial charge in [0.2, 0.25) is 0 Å². The van der Waals surface area contributed by atoms with E-state index in [1.807, 2.05) is 28.8 Å². The molecule has 3 rings (SSSR count). The van der Waals surface area contributed by atoms with Crippen LogP contribution in [0.3, 0.4) is 0 Å². The summed E-state index contributed by atoms with van der Waals surface area (Å²) in [7, 11) is -2.43. The summed E-state index contributed by atoms with van der Waals surface area (Å²) in [5.74, 6) is 4.62. The first kappa shape index (κ1) is 23.9. The molecular weight excluding hydrogens is 449 g/mol. The molecule has 33 heavy (non-hydrogen) atoms. The second-order valence-corrected chi connectivity index (χ2v) is 9.23. The largest absolute Gasteiger partial charge is 0.494 e. The summed E-state index contributed by atoms with van der Waals surface area (Å²) in [4.78, 5) is 11.8. The number of carbonyl (C=O) groups excluding carboxylic acids is 1. The minimum absolute atomic E-state index is 0.153. The van der Waals surface area contributed by atoms with E-state index in [-0.39, 0.29) is 22.9 Å². The van der Waals surface area contributed by atoms with Crippen molar-refractivity contribution in [3.8, 4) is 17.6 Å². The number of hydrogen-bond donors (Lipinski definition) is 2. The molecule has 0 bridgehead atoms. The van der Waals surface area contributed by atoms with Gasteiger partial charge in [-0.1, -0.05) is 18.9 Å². The van der Waals surface area contributed by atoms with Crippen LogP contribution in [0.5, 0.6) is 5.75 Å². The van der Waals surface area contributed by atoms with Crippen LogP contribution in [0.15, 0.2) is 41.3 Å². The molecule has 1 amide bonds. The topological polar surface area (TPSA) is 113 Å². The highest BCUT2D eigenvalue weighted by Crippen LogP contribution is 2.31. The van der Waals surface area contributed by atoms with E-state index >= 15 is 0 Å². The molecule has 174 valence electrons. The number of fused-ring (bicyclic) bond motifs is 1. The number of ether oxygens (including phenoxy) is 2. The first-order valence-electron chi connectivity index (χ1n) is 10.0. The van der Waals surface area contributed by atoms with Gasteiger partial charge in [-0.2, -0.15) is 0 Å². The first-order valence-corrected chi connectivity index (χ1v) is 11.9. The first-order chi connectivity index (χ1) is 15.7. The summed E-state index contributed by atoms with van der Waals surface area (Å²) in [5, 5.41) is 3.12. The number of nitrogens with two attached hydrogens (primary N) is 1. The number of amides is 1. The Labute approximate surface area is 191 Å². The predicted molar refractivity (Wildman–Crippen MR) is 125 cm³/mol. The molecule has 3 N–H and O–H groups in total. The van der Waals surface area contributed by atoms with Crippen LogP contribution in [0, 0.1) is 17.7 Å². The summed E-state index contributed by atoms with van der Waals surface area (Å²) in [6, 6.07) is 9.46. The van der Waals surface area contributed by atoms with Crippen molar-refractivity contribution < 1.29 is 27.1 Å². The molecule has 0 saturated carbocycles. The number of halogens is 1. The van der Waals surface area contributed by atoms with Gasteiger partial charge in [0.25, 0.3) is 0 Å². The van der Waals surface area contributed by atoms with Gasteiger partial charge in [-0.25, -0.2) is 17.6 Å². The van der Waals surface area contributed by atoms with Crippen molar-refractivity contribution in [1.29, 1.82) is 0 Å². The van der Waals surface area contributed by atoms with Gasteiger partial charge in [0, 0.05) is 29.9 Å². The number of hydrogen-bond acceptors (Lipinski definition) is 6. The second kappa shape index (κ2) is 9.83. The molecule has 0 aliphatic carbocycles. The van der Waals surface area contributed by atoms with Gasteiger partial charge >= 0.3 is 6.09 Å². The number of carbonyl (C=O) groups is 1. The van der Waals surface area contributed by atoms with Crippen LogP contribution in [0.25, 0.3) is 10.9 Å². The number of nitrogens with one attached hydrogen (secondary N) is 1. The Morgan fingerprint density at radius 1 is 1.27 bits per heavy atom. The predicted octanol–water partition coefficient (Wildman–Crippen LogP) is 3.78. The number of aromatic nitrogens is 1. The number of anilines is 2. The van der Waals surface area contributed by atoms with Crippen LogP contribution in [0.1, 0.15) is 19.0 Å². The van der Waals surface area contributed by atoms with Crippen LogP contribution >= 0.6 is 0 Å². The number of benzene rings is 2. The molecule has 0 aliphatic rings. The van der Waals surface area contributed by atoms with E-state index < -0.39 is 21.7 Å². The summed E-state index contributed by atoms with van der Waals surface area (Å²) < 4.78 is 49.8. The normalized spacial score (nSPS) is 11.0. The highest BCUT2D eigenvalue weighted by Gasteiger charge is 2.19. The number of nitrogen functional groups attached to an aromatic ring is 1. The van der Waals surface area contributed by atoms with E-state index in [9.17, 15) is 17.6 Å². The maximum absolute atomic E-state index is 14.4. The van der Waals surface area contributed by atoms with Crippen molar-refractivity contribution in [2.45, 2.75) is 24.8 Å². The zero-order valence-electron chi connectivity index (χ0n) is 18.4. The molecule has 0 unspecified atom stereocenters. The van der Waals surface area contributed by atoms with Gasteiger partial charge in [0.05, 0.1) is 23.2 Å². The SMILES string of the molecule is CCCn1c(C#CCOC(=O)Nc2c(F)cc(S(C)(=O)=O)cc2OC)cc2c(N)cccc21. The second-order valence-electron chi connectivity index (χ2n) is 7.22. The lowest BCUT2D eigenvalue weighted by Gasteiger charge is -2.12. The minimum atomic E-state index is -3.66. The minimum Gasteiger partial charge on any atom is -0.494 e. The van der Waals surface area contributed by atoms with Crippen LogP contribution in [-0.4, -0.2) is 39.1 Å². The molecular formula is C23H24FN3O5S. The van der Waals surface area contributed by atoms with Crippen LogP contribution in [0.2, 0.25) is 0 Å². The van der Waals surface area contributed by atoms with Gasteiger partial charge < -0.3 is 19.8 Å². The van der Waals surface area contributed by atoms with Crippen molar-refractivity contribution >= 4 is 38.2 Å². The molecule has 8 nitrogen and oxygen atoms in total. The number of nitrogens with zero attached hydrogens (tertiary/aromatic N) is 1. The Morgan fingerprint density at radius 2 is 2.03 bits per heavy atom. The Kier molecular flexibility index (Phi) is 7.13. The van der Waals surface area contributed by atoms with E-state index in [2.05, 4.69) is 24.1 Å². The quantitative estimate of drug-likeness (QED) is 0.416. The molecule has 1 aromatic heterocycles. The lowest BCUT2D eigenvalue weighted by Crippen LogP contribution is -2.16. The molecule has 3 aromatic rings. The van der Waals surface area contributed by atoms with E-state index in [1.54, 1.807) is 0 Å². The fraction of sp³-hybridized carbons (Fsp3) is 0.261. The van der Waals surface area contributed by atoms with Crippen molar-refractivity contribution in [1.82, 2.24) is 4.57 Å². The Morgan fingerprint density at radius 3 is 2.70 bits per heavy atom. The highest BCUT2D eigenvalue weighted by molar-refractivity contribution is 7.90. The Hall–Kier alpha value is -3.71. The zero-order chi connectivity index (χ0) is 24.2. The van der Waals surface area contributed by atoms with Crippen molar-refractivity contribution in [3.63, 3.8) is 0 Å². The molecule has 2 aromatic carbocycles. The monoisotopic (exact) mass is 473 g/mol. The average molecular weight is 474 g/mol. The zero-order valence-corrected chi connectivity index (χ0v) is 19.3. The molecule has 0 aliphatic heterocycles. The van der Waals surface area contributed by atoms with Crippen molar-refractivity contribution in [3.05, 3.63) is 47.9 Å². The smallest absolute Gasteiger partial charge is 0.412 e. The van der Waals surface area contributed by atoms with E-state index in [0.29, 0.717) is 5.69 Å². The molecule has 0 spiro atoms. The van der Waals surface area contributed by atoms with E-state index in [4.69, 9.17) is 15.2 Å². The average Bonchev–Trinajstić information content (AvgIpc) is 3.11. The van der Waals surface area contributed by atoms with Crippen LogP contribution in [-0.2, 0) is 21.1 Å². The van der Waals surface area contributed by atoms with Gasteiger partial charge in [0.15, 0.2) is 22.3 Å². The fourth-order valence-electron chi connectivity index (χ4n) is 3.30. The maximum atomic E-state index is 14.4. The summed E-state index contributed by atoms with van der Waals surface area (Å²) in [6.45, 7) is 2.56. The fourth-order valence-corrected chi connectivity index (χ4v) is 3.93. The molecule has 0 radical (unpaired) electrons. The Bertz CT molecular complexity index is 1370. The summed E-state index contributed by atoms with van der Waals surface area (Å²) in [5.41, 5.74) is 8.08. The van der Waals surface area contributed by atoms with Crippen molar-refractivity contribution in [2.24, 2.45) is 0 Å². The Balaban J connectivity index is 1.73. The third kappa shape index (κ3) is 5.38. The van der Waals surface area contributed by atoms with Crippen LogP contribution in [0.4, 0.5) is 20.6 Å². The molecule has 0 atom stereocenters. The van der Waals surface area contributed by atoms with Gasteiger partial charge in [0.1, 0.15) is 11.4 Å². The number of sulfone groups is 1. The summed E-state index contributed by atoms with van der Waals surface area (Å²) >= 11 is 0. The maximum Gasteiger partial charge on any atom is 0.412 e.